The first-order valence-electron chi connectivity index (χ1n) is 8.16. The minimum atomic E-state index is 0.0274. The number of hydrogen-bond donors (Lipinski definition) is 1. The average Bonchev–Trinajstić information content (AvgIpc) is 3.15. The number of carbonyl (C=O) groups is 1. The lowest BCUT2D eigenvalue weighted by molar-refractivity contribution is -0.120. The van der Waals surface area contributed by atoms with Gasteiger partial charge < -0.3 is 19.6 Å². The van der Waals surface area contributed by atoms with Crippen LogP contribution < -0.4 is 10.2 Å². The molecule has 1 aliphatic rings. The fourth-order valence-electron chi connectivity index (χ4n) is 2.93. The number of nitrogens with zero attached hydrogens (tertiary/aromatic N) is 6. The highest BCUT2D eigenvalue weighted by Crippen LogP contribution is 2.16. The highest BCUT2D eigenvalue weighted by Gasteiger charge is 2.27. The van der Waals surface area contributed by atoms with Crippen molar-refractivity contribution in [2.45, 2.75) is 20.4 Å². The summed E-state index contributed by atoms with van der Waals surface area (Å²) in [5.41, 5.74) is 2.70. The Labute approximate surface area is 146 Å². The van der Waals surface area contributed by atoms with E-state index < -0.39 is 0 Å². The summed E-state index contributed by atoms with van der Waals surface area (Å²) >= 11 is 0. The van der Waals surface area contributed by atoms with Gasteiger partial charge in [0.15, 0.2) is 5.96 Å². The molecule has 3 heterocycles. The quantitative estimate of drug-likeness (QED) is 0.641. The van der Waals surface area contributed by atoms with E-state index in [0.29, 0.717) is 25.6 Å². The van der Waals surface area contributed by atoms with Crippen LogP contribution in [0.5, 0.6) is 0 Å². The normalized spacial score (nSPS) is 15.8. The van der Waals surface area contributed by atoms with Crippen LogP contribution in [-0.2, 0) is 18.4 Å². The number of nitrogens with one attached hydrogen (secondary N) is 1. The van der Waals surface area contributed by atoms with Crippen LogP contribution in [0, 0.1) is 13.8 Å². The molecule has 9 nitrogen and oxygen atoms in total. The summed E-state index contributed by atoms with van der Waals surface area (Å²) < 4.78 is 6.87. The number of anilines is 1. The molecule has 1 N–H and O–H groups in total. The highest BCUT2D eigenvalue weighted by molar-refractivity contribution is 5.98. The Bertz CT molecular complexity index is 773. The summed E-state index contributed by atoms with van der Waals surface area (Å²) in [6.07, 6.45) is 3.55. The van der Waals surface area contributed by atoms with E-state index in [0.717, 1.165) is 22.7 Å². The van der Waals surface area contributed by atoms with Crippen molar-refractivity contribution in [1.82, 2.24) is 25.2 Å². The first-order valence-corrected chi connectivity index (χ1v) is 8.16. The third-order valence-corrected chi connectivity index (χ3v) is 4.34. The number of rotatable bonds is 3. The van der Waals surface area contributed by atoms with E-state index in [-0.39, 0.29) is 12.5 Å². The molecule has 134 valence electrons. The van der Waals surface area contributed by atoms with Crippen molar-refractivity contribution in [2.75, 3.05) is 31.6 Å². The number of amides is 1. The molecule has 2 aromatic rings. The number of carbonyl (C=O) groups excluding carboxylic acids is 1. The van der Waals surface area contributed by atoms with E-state index in [9.17, 15) is 4.79 Å². The molecule has 0 aliphatic carbocycles. The molecular formula is C16H23N7O2. The van der Waals surface area contributed by atoms with Crippen LogP contribution in [-0.4, -0.2) is 58.4 Å². The molecular weight excluding hydrogens is 322 g/mol. The van der Waals surface area contributed by atoms with Crippen molar-refractivity contribution in [1.29, 1.82) is 0 Å². The largest absolute Gasteiger partial charge is 0.361 e. The Morgan fingerprint density at radius 1 is 1.40 bits per heavy atom. The van der Waals surface area contributed by atoms with Crippen molar-refractivity contribution in [2.24, 2.45) is 12.0 Å². The van der Waals surface area contributed by atoms with E-state index in [1.807, 2.05) is 32.0 Å². The van der Waals surface area contributed by atoms with Crippen molar-refractivity contribution < 1.29 is 9.32 Å². The molecule has 0 spiro atoms. The van der Waals surface area contributed by atoms with Gasteiger partial charge in [-0.05, 0) is 13.8 Å². The minimum Gasteiger partial charge on any atom is -0.361 e. The van der Waals surface area contributed by atoms with E-state index in [1.54, 1.807) is 22.8 Å². The van der Waals surface area contributed by atoms with E-state index in [4.69, 9.17) is 4.52 Å². The second-order valence-electron chi connectivity index (χ2n) is 6.04. The van der Waals surface area contributed by atoms with Gasteiger partial charge in [-0.15, -0.1) is 0 Å². The number of hydrogen-bond acceptors (Lipinski definition) is 5. The molecule has 2 aromatic heterocycles. The standard InChI is InChI=1S/C16H23N7O2/c1-11-14(12(2)25-20-11)8-18-16(17-3)22-5-6-23(15(24)10-22)13-7-19-21(4)9-13/h7,9H,5-6,8,10H2,1-4H3,(H,17,18). The Morgan fingerprint density at radius 2 is 2.20 bits per heavy atom. The second kappa shape index (κ2) is 6.96. The Balaban J connectivity index is 1.63. The number of guanidine groups is 1. The molecule has 9 heteroatoms. The fraction of sp³-hybridized carbons (Fsp3) is 0.500. The van der Waals surface area contributed by atoms with Crippen LogP contribution in [0.3, 0.4) is 0 Å². The molecule has 0 unspecified atom stereocenters. The van der Waals surface area contributed by atoms with Gasteiger partial charge in [-0.1, -0.05) is 5.16 Å². The van der Waals surface area contributed by atoms with Crippen molar-refractivity contribution in [3.8, 4) is 0 Å². The maximum Gasteiger partial charge on any atom is 0.246 e. The van der Waals surface area contributed by atoms with Crippen LogP contribution in [0.1, 0.15) is 17.0 Å². The van der Waals surface area contributed by atoms with Gasteiger partial charge in [-0.25, -0.2) is 0 Å². The van der Waals surface area contributed by atoms with Crippen LogP contribution in [0.25, 0.3) is 0 Å². The predicted molar refractivity (Wildman–Crippen MR) is 93.3 cm³/mol. The maximum absolute atomic E-state index is 12.5. The number of aryl methyl sites for hydroxylation is 3. The van der Waals surface area contributed by atoms with Gasteiger partial charge in [0.25, 0.3) is 0 Å². The first-order chi connectivity index (χ1) is 12.0. The summed E-state index contributed by atoms with van der Waals surface area (Å²) in [4.78, 5) is 20.5. The second-order valence-corrected chi connectivity index (χ2v) is 6.04. The van der Waals surface area contributed by atoms with Gasteiger partial charge in [0.05, 0.1) is 17.6 Å². The minimum absolute atomic E-state index is 0.0274. The third-order valence-electron chi connectivity index (χ3n) is 4.34. The van der Waals surface area contributed by atoms with Gasteiger partial charge in [-0.3, -0.25) is 14.5 Å². The zero-order valence-electron chi connectivity index (χ0n) is 15.0. The Kier molecular flexibility index (Phi) is 4.73. The topological polar surface area (TPSA) is 91.8 Å². The van der Waals surface area contributed by atoms with Crippen LogP contribution in [0.4, 0.5) is 5.69 Å². The predicted octanol–water partition coefficient (Wildman–Crippen LogP) is 0.449. The molecule has 1 saturated heterocycles. The molecule has 3 rings (SSSR count). The van der Waals surface area contributed by atoms with E-state index in [1.165, 1.54) is 0 Å². The summed E-state index contributed by atoms with van der Waals surface area (Å²) in [6.45, 7) is 5.92. The Morgan fingerprint density at radius 3 is 2.76 bits per heavy atom. The van der Waals surface area contributed by atoms with Crippen LogP contribution in [0.2, 0.25) is 0 Å². The lowest BCUT2D eigenvalue weighted by atomic mass is 10.2. The molecule has 0 saturated carbocycles. The van der Waals surface area contributed by atoms with E-state index >= 15 is 0 Å². The van der Waals surface area contributed by atoms with Crippen molar-refractivity contribution >= 4 is 17.6 Å². The summed E-state index contributed by atoms with van der Waals surface area (Å²) in [5, 5.41) is 11.4. The maximum atomic E-state index is 12.5. The molecule has 0 bridgehead atoms. The zero-order chi connectivity index (χ0) is 18.0. The average molecular weight is 345 g/mol. The molecule has 1 fully saturated rings. The van der Waals surface area contributed by atoms with Crippen LogP contribution in [0.15, 0.2) is 21.9 Å². The lowest BCUT2D eigenvalue weighted by Crippen LogP contribution is -2.55. The number of aliphatic imine (C=N–C) groups is 1. The SMILES string of the molecule is CN=C(NCc1c(C)noc1C)N1CCN(c2cnn(C)c2)C(=O)C1. The first kappa shape index (κ1) is 17.0. The summed E-state index contributed by atoms with van der Waals surface area (Å²) in [6, 6.07) is 0. The third kappa shape index (κ3) is 3.49. The highest BCUT2D eigenvalue weighted by atomic mass is 16.5. The molecule has 25 heavy (non-hydrogen) atoms. The smallest absolute Gasteiger partial charge is 0.246 e. The summed E-state index contributed by atoms with van der Waals surface area (Å²) in [7, 11) is 3.55. The van der Waals surface area contributed by atoms with Gasteiger partial charge >= 0.3 is 0 Å². The molecule has 1 aliphatic heterocycles. The number of piperazine rings is 1. The fourth-order valence-corrected chi connectivity index (χ4v) is 2.93. The number of aromatic nitrogens is 3. The van der Waals surface area contributed by atoms with Gasteiger partial charge in [-0.2, -0.15) is 5.10 Å². The molecule has 0 aromatic carbocycles. The van der Waals surface area contributed by atoms with Gasteiger partial charge in [0, 0.05) is 45.5 Å². The molecule has 0 atom stereocenters. The van der Waals surface area contributed by atoms with Crippen molar-refractivity contribution in [3.05, 3.63) is 29.4 Å². The van der Waals surface area contributed by atoms with Gasteiger partial charge in [0.1, 0.15) is 12.3 Å². The molecule has 1 amide bonds. The van der Waals surface area contributed by atoms with Crippen LogP contribution >= 0.6 is 0 Å². The zero-order valence-corrected chi connectivity index (χ0v) is 15.0. The van der Waals surface area contributed by atoms with E-state index in [2.05, 4.69) is 20.6 Å². The van der Waals surface area contributed by atoms with Gasteiger partial charge in [0.2, 0.25) is 5.91 Å². The molecule has 0 radical (unpaired) electrons. The Hall–Kier alpha value is -2.84. The monoisotopic (exact) mass is 345 g/mol. The summed E-state index contributed by atoms with van der Waals surface area (Å²) in [5.74, 6) is 1.51. The lowest BCUT2D eigenvalue weighted by Gasteiger charge is -2.35. The van der Waals surface area contributed by atoms with Crippen molar-refractivity contribution in [3.63, 3.8) is 0 Å².